The second kappa shape index (κ2) is 5.72. The van der Waals surface area contributed by atoms with Crippen LogP contribution in [0.5, 0.6) is 0 Å². The molecule has 0 aromatic carbocycles. The Balaban J connectivity index is 2.65. The van der Waals surface area contributed by atoms with E-state index in [0.717, 1.165) is 0 Å². The van der Waals surface area contributed by atoms with E-state index in [4.69, 9.17) is 22.1 Å². The third-order valence-electron chi connectivity index (χ3n) is 1.95. The van der Waals surface area contributed by atoms with Crippen molar-refractivity contribution in [3.05, 3.63) is 11.5 Å². The highest BCUT2D eigenvalue weighted by Crippen LogP contribution is 2.24. The van der Waals surface area contributed by atoms with Gasteiger partial charge in [0.1, 0.15) is 12.0 Å². The molecule has 0 spiro atoms. The predicted octanol–water partition coefficient (Wildman–Crippen LogP) is 1.18. The minimum atomic E-state index is 0.281. The van der Waals surface area contributed by atoms with E-state index in [-0.39, 0.29) is 5.15 Å². The van der Waals surface area contributed by atoms with Crippen LogP contribution in [0.4, 0.5) is 11.5 Å². The number of halogens is 1. The fourth-order valence-electron chi connectivity index (χ4n) is 1.12. The lowest BCUT2D eigenvalue weighted by atomic mass is 10.4. The molecule has 0 saturated heterocycles. The second-order valence-corrected chi connectivity index (χ2v) is 3.38. The molecular weight excluding hydrogens is 216 g/mol. The third kappa shape index (κ3) is 3.21. The Labute approximate surface area is 94.2 Å². The van der Waals surface area contributed by atoms with Gasteiger partial charge in [-0.1, -0.05) is 11.6 Å². The topological polar surface area (TPSA) is 64.3 Å². The first-order valence-electron chi connectivity index (χ1n) is 4.71. The molecular formula is C9H15ClN4O. The van der Waals surface area contributed by atoms with E-state index in [9.17, 15) is 0 Å². The van der Waals surface area contributed by atoms with E-state index in [2.05, 4.69) is 9.97 Å². The number of nitrogen functional groups attached to an aromatic ring is 1. The quantitative estimate of drug-likeness (QED) is 0.608. The summed E-state index contributed by atoms with van der Waals surface area (Å²) < 4.78 is 5.24. The van der Waals surface area contributed by atoms with Gasteiger partial charge < -0.3 is 15.4 Å². The lowest BCUT2D eigenvalue weighted by molar-refractivity contribution is 0.154. The molecule has 0 fully saturated rings. The Kier molecular flexibility index (Phi) is 4.58. The highest BCUT2D eigenvalue weighted by atomic mass is 35.5. The molecule has 5 nitrogen and oxygen atoms in total. The molecule has 0 aliphatic rings. The molecule has 0 radical (unpaired) electrons. The normalized spacial score (nSPS) is 10.3. The van der Waals surface area contributed by atoms with Crippen molar-refractivity contribution in [3.8, 4) is 0 Å². The van der Waals surface area contributed by atoms with Crippen LogP contribution in [0, 0.1) is 0 Å². The Morgan fingerprint density at radius 3 is 2.93 bits per heavy atom. The number of likely N-dealkylation sites (N-methyl/N-ethyl adjacent to an activating group) is 1. The average Bonchev–Trinajstić information content (AvgIpc) is 2.22. The lowest BCUT2D eigenvalue weighted by Gasteiger charge is -2.19. The molecule has 84 valence electrons. The molecule has 0 bridgehead atoms. The number of nitrogens with two attached hydrogens (primary N) is 1. The molecule has 1 aromatic rings. The molecule has 0 aliphatic carbocycles. The fourth-order valence-corrected chi connectivity index (χ4v) is 1.25. The fraction of sp³-hybridized carbons (Fsp3) is 0.556. The van der Waals surface area contributed by atoms with Gasteiger partial charge in [-0.25, -0.2) is 9.97 Å². The third-order valence-corrected chi connectivity index (χ3v) is 2.25. The zero-order valence-corrected chi connectivity index (χ0v) is 9.66. The van der Waals surface area contributed by atoms with Gasteiger partial charge in [-0.05, 0) is 6.92 Å². The van der Waals surface area contributed by atoms with Gasteiger partial charge in [-0.3, -0.25) is 0 Å². The van der Waals surface area contributed by atoms with E-state index in [1.165, 1.54) is 6.33 Å². The van der Waals surface area contributed by atoms with Crippen molar-refractivity contribution in [1.29, 1.82) is 0 Å². The molecule has 0 aliphatic heterocycles. The van der Waals surface area contributed by atoms with Crippen molar-refractivity contribution < 1.29 is 4.74 Å². The van der Waals surface area contributed by atoms with E-state index >= 15 is 0 Å². The van der Waals surface area contributed by atoms with Crippen LogP contribution in [0.1, 0.15) is 6.92 Å². The zero-order chi connectivity index (χ0) is 11.3. The maximum atomic E-state index is 5.79. The standard InChI is InChI=1S/C9H15ClN4O/c1-3-15-5-4-14(2)9-7(11)8(10)12-6-13-9/h6H,3-5,11H2,1-2H3. The summed E-state index contributed by atoms with van der Waals surface area (Å²) in [6.45, 7) is 4.00. The van der Waals surface area contributed by atoms with Crippen LogP contribution < -0.4 is 10.6 Å². The van der Waals surface area contributed by atoms with Gasteiger partial charge in [0.05, 0.1) is 6.61 Å². The Hall–Kier alpha value is -1.07. The molecule has 1 rings (SSSR count). The van der Waals surface area contributed by atoms with Crippen molar-refractivity contribution in [2.24, 2.45) is 0 Å². The van der Waals surface area contributed by atoms with E-state index in [1.807, 2.05) is 18.9 Å². The van der Waals surface area contributed by atoms with Gasteiger partial charge in [-0.15, -0.1) is 0 Å². The number of nitrogens with zero attached hydrogens (tertiary/aromatic N) is 3. The molecule has 1 heterocycles. The molecule has 15 heavy (non-hydrogen) atoms. The van der Waals surface area contributed by atoms with E-state index < -0.39 is 0 Å². The number of hydrogen-bond acceptors (Lipinski definition) is 5. The highest BCUT2D eigenvalue weighted by molar-refractivity contribution is 6.32. The van der Waals surface area contributed by atoms with Crippen molar-refractivity contribution in [2.45, 2.75) is 6.92 Å². The van der Waals surface area contributed by atoms with E-state index in [0.29, 0.717) is 31.3 Å². The number of anilines is 2. The van der Waals surface area contributed by atoms with Crippen LogP contribution in [0.25, 0.3) is 0 Å². The van der Waals surface area contributed by atoms with Crippen LogP contribution in [0.2, 0.25) is 5.15 Å². The molecule has 0 atom stereocenters. The monoisotopic (exact) mass is 230 g/mol. The Morgan fingerprint density at radius 2 is 2.27 bits per heavy atom. The molecule has 2 N–H and O–H groups in total. The van der Waals surface area contributed by atoms with Gasteiger partial charge in [0, 0.05) is 20.2 Å². The molecule has 1 aromatic heterocycles. The van der Waals surface area contributed by atoms with Gasteiger partial charge in [0.25, 0.3) is 0 Å². The van der Waals surface area contributed by atoms with Crippen LogP contribution in [0.3, 0.4) is 0 Å². The summed E-state index contributed by atoms with van der Waals surface area (Å²) >= 11 is 5.79. The average molecular weight is 231 g/mol. The number of aromatic nitrogens is 2. The maximum absolute atomic E-state index is 5.79. The number of ether oxygens (including phenoxy) is 1. The maximum Gasteiger partial charge on any atom is 0.157 e. The van der Waals surface area contributed by atoms with Crippen molar-refractivity contribution >= 4 is 23.1 Å². The molecule has 0 amide bonds. The SMILES string of the molecule is CCOCCN(C)c1ncnc(Cl)c1N. The van der Waals surface area contributed by atoms with Gasteiger partial charge in [0.2, 0.25) is 0 Å². The first-order chi connectivity index (χ1) is 7.16. The van der Waals surface area contributed by atoms with Crippen LogP contribution in [-0.2, 0) is 4.74 Å². The first-order valence-corrected chi connectivity index (χ1v) is 5.09. The van der Waals surface area contributed by atoms with E-state index in [1.54, 1.807) is 0 Å². The Morgan fingerprint density at radius 1 is 1.53 bits per heavy atom. The van der Waals surface area contributed by atoms with Crippen LogP contribution in [-0.4, -0.2) is 36.8 Å². The minimum absolute atomic E-state index is 0.281. The van der Waals surface area contributed by atoms with Gasteiger partial charge in [0.15, 0.2) is 11.0 Å². The number of rotatable bonds is 5. The van der Waals surface area contributed by atoms with Crippen molar-refractivity contribution in [1.82, 2.24) is 9.97 Å². The second-order valence-electron chi connectivity index (χ2n) is 3.02. The molecule has 6 heteroatoms. The van der Waals surface area contributed by atoms with Crippen LogP contribution in [0.15, 0.2) is 6.33 Å². The van der Waals surface area contributed by atoms with Gasteiger partial charge in [-0.2, -0.15) is 0 Å². The summed E-state index contributed by atoms with van der Waals surface area (Å²) in [5.41, 5.74) is 6.15. The summed E-state index contributed by atoms with van der Waals surface area (Å²) in [5, 5.41) is 0.281. The summed E-state index contributed by atoms with van der Waals surface area (Å²) in [4.78, 5) is 9.74. The summed E-state index contributed by atoms with van der Waals surface area (Å²) in [6.07, 6.45) is 1.39. The highest BCUT2D eigenvalue weighted by Gasteiger charge is 2.09. The lowest BCUT2D eigenvalue weighted by Crippen LogP contribution is -2.24. The molecule has 0 saturated carbocycles. The number of hydrogen-bond donors (Lipinski definition) is 1. The summed E-state index contributed by atoms with van der Waals surface area (Å²) in [6, 6.07) is 0. The Bertz CT molecular complexity index is 321. The summed E-state index contributed by atoms with van der Waals surface area (Å²) in [7, 11) is 1.88. The van der Waals surface area contributed by atoms with Crippen molar-refractivity contribution in [2.75, 3.05) is 37.4 Å². The molecule has 0 unspecified atom stereocenters. The van der Waals surface area contributed by atoms with Gasteiger partial charge >= 0.3 is 0 Å². The summed E-state index contributed by atoms with van der Waals surface area (Å²) in [5.74, 6) is 0.634. The zero-order valence-electron chi connectivity index (χ0n) is 8.90. The van der Waals surface area contributed by atoms with Crippen LogP contribution >= 0.6 is 11.6 Å². The predicted molar refractivity (Wildman–Crippen MR) is 61.2 cm³/mol. The largest absolute Gasteiger partial charge is 0.393 e. The first kappa shape index (κ1) is 12.0. The smallest absolute Gasteiger partial charge is 0.157 e. The van der Waals surface area contributed by atoms with Crippen molar-refractivity contribution in [3.63, 3.8) is 0 Å². The minimum Gasteiger partial charge on any atom is -0.393 e.